The Morgan fingerprint density at radius 3 is 2.54 bits per heavy atom. The molecule has 0 amide bonds. The van der Waals surface area contributed by atoms with Gasteiger partial charge in [0, 0.05) is 21.1 Å². The molecular formula is C21H25BrIN3O2. The van der Waals surface area contributed by atoms with Gasteiger partial charge in [-0.2, -0.15) is 0 Å². The van der Waals surface area contributed by atoms with Gasteiger partial charge in [0.15, 0.2) is 0 Å². The van der Waals surface area contributed by atoms with Crippen molar-refractivity contribution in [2.24, 2.45) is 4.99 Å². The summed E-state index contributed by atoms with van der Waals surface area (Å²) in [5.74, 6) is 1.66. The first kappa shape index (κ1) is 21.5. The number of hydrogen-bond acceptors (Lipinski definition) is 4. The third-order valence-corrected chi connectivity index (χ3v) is 5.50. The summed E-state index contributed by atoms with van der Waals surface area (Å²) in [5.41, 5.74) is 6.30. The lowest BCUT2D eigenvalue weighted by Crippen LogP contribution is -2.51. The lowest BCUT2D eigenvalue weighted by Gasteiger charge is -2.34. The minimum atomic E-state index is 0.214. The van der Waals surface area contributed by atoms with E-state index in [1.165, 1.54) is 0 Å². The number of benzene rings is 2. The Morgan fingerprint density at radius 2 is 1.86 bits per heavy atom. The Kier molecular flexibility index (Phi) is 7.36. The predicted octanol–water partition coefficient (Wildman–Crippen LogP) is 5.74. The van der Waals surface area contributed by atoms with E-state index in [2.05, 4.69) is 73.9 Å². The van der Waals surface area contributed by atoms with Crippen LogP contribution in [0.25, 0.3) is 0 Å². The van der Waals surface area contributed by atoms with E-state index in [0.717, 1.165) is 49.4 Å². The van der Waals surface area contributed by atoms with Gasteiger partial charge >= 0.3 is 0 Å². The van der Waals surface area contributed by atoms with Crippen molar-refractivity contribution in [1.29, 1.82) is 0 Å². The lowest BCUT2D eigenvalue weighted by atomic mass is 10.1. The van der Waals surface area contributed by atoms with Crippen LogP contribution in [0.5, 0.6) is 11.5 Å². The van der Waals surface area contributed by atoms with Crippen molar-refractivity contribution < 1.29 is 9.47 Å². The zero-order valence-corrected chi connectivity index (χ0v) is 20.2. The van der Waals surface area contributed by atoms with Crippen molar-refractivity contribution in [2.75, 3.05) is 13.1 Å². The highest BCUT2D eigenvalue weighted by molar-refractivity contribution is 14.1. The topological polar surface area (TPSA) is 46.1 Å². The third kappa shape index (κ3) is 5.92. The van der Waals surface area contributed by atoms with E-state index in [1.807, 2.05) is 38.1 Å². The maximum Gasteiger partial charge on any atom is 0.130 e. The van der Waals surface area contributed by atoms with Gasteiger partial charge in [-0.25, -0.2) is 10.0 Å². The van der Waals surface area contributed by atoms with Crippen molar-refractivity contribution in [2.45, 2.75) is 39.9 Å². The maximum atomic E-state index is 6.11. The third-order valence-electron chi connectivity index (χ3n) is 4.42. The lowest BCUT2D eigenvalue weighted by molar-refractivity contribution is -0.0760. The van der Waals surface area contributed by atoms with Crippen molar-refractivity contribution in [3.8, 4) is 11.5 Å². The summed E-state index contributed by atoms with van der Waals surface area (Å²) in [4.78, 5) is 4.60. The molecule has 5 nitrogen and oxygen atoms in total. The zero-order chi connectivity index (χ0) is 20.3. The van der Waals surface area contributed by atoms with E-state index >= 15 is 0 Å². The molecule has 1 N–H and O–H groups in total. The summed E-state index contributed by atoms with van der Waals surface area (Å²) in [5, 5.41) is 2.14. The van der Waals surface area contributed by atoms with E-state index in [1.54, 1.807) is 6.34 Å². The van der Waals surface area contributed by atoms with E-state index in [0.29, 0.717) is 0 Å². The number of nitrogens with one attached hydrogen (secondary N) is 1. The monoisotopic (exact) mass is 557 g/mol. The summed E-state index contributed by atoms with van der Waals surface area (Å²) in [6, 6.07) is 10.1. The number of hydrazine groups is 1. The Bertz CT molecular complexity index is 845. The molecule has 1 heterocycles. The summed E-state index contributed by atoms with van der Waals surface area (Å²) in [7, 11) is 0. The van der Waals surface area contributed by atoms with Gasteiger partial charge < -0.3 is 14.9 Å². The largest absolute Gasteiger partial charge is 0.457 e. The molecule has 1 aliphatic heterocycles. The van der Waals surface area contributed by atoms with Crippen molar-refractivity contribution in [3.63, 3.8) is 0 Å². The molecule has 0 aliphatic carbocycles. The average molecular weight is 558 g/mol. The molecule has 2 aromatic carbocycles. The highest BCUT2D eigenvalue weighted by atomic mass is 127. The minimum Gasteiger partial charge on any atom is -0.457 e. The SMILES string of the molecule is Cc1cc(Oc2cc(Br)cc(I)c2)c(C)cc1N=CNN1CC(C)OC(C)C1. The molecule has 0 aromatic heterocycles. The van der Waals surface area contributed by atoms with Crippen molar-refractivity contribution in [3.05, 3.63) is 49.5 Å². The Hall–Kier alpha value is -1.16. The normalized spacial score (nSPS) is 20.5. The number of hydrogen-bond donors (Lipinski definition) is 1. The highest BCUT2D eigenvalue weighted by Crippen LogP contribution is 2.33. The first-order chi connectivity index (χ1) is 13.3. The fourth-order valence-electron chi connectivity index (χ4n) is 3.20. The van der Waals surface area contributed by atoms with Crippen LogP contribution < -0.4 is 10.2 Å². The molecule has 3 rings (SSSR count). The van der Waals surface area contributed by atoms with E-state index in [9.17, 15) is 0 Å². The fourth-order valence-corrected chi connectivity index (χ4v) is 4.74. The molecule has 150 valence electrons. The first-order valence-corrected chi connectivity index (χ1v) is 11.1. The molecule has 2 unspecified atom stereocenters. The van der Waals surface area contributed by atoms with Crippen molar-refractivity contribution >= 4 is 50.5 Å². The van der Waals surface area contributed by atoms with E-state index < -0.39 is 0 Å². The Morgan fingerprint density at radius 1 is 1.14 bits per heavy atom. The molecule has 0 saturated carbocycles. The van der Waals surface area contributed by atoms with E-state index in [4.69, 9.17) is 9.47 Å². The average Bonchev–Trinajstić information content (AvgIpc) is 2.57. The van der Waals surface area contributed by atoms with Crippen LogP contribution in [0.4, 0.5) is 5.69 Å². The molecule has 28 heavy (non-hydrogen) atoms. The van der Waals surface area contributed by atoms with E-state index in [-0.39, 0.29) is 12.2 Å². The van der Waals surface area contributed by atoms with Gasteiger partial charge in [-0.15, -0.1) is 0 Å². The van der Waals surface area contributed by atoms with Crippen LogP contribution in [0.3, 0.4) is 0 Å². The molecule has 0 spiro atoms. The number of halogens is 2. The number of aryl methyl sites for hydroxylation is 2. The van der Waals surface area contributed by atoms with Crippen LogP contribution in [0.1, 0.15) is 25.0 Å². The molecule has 0 bridgehead atoms. The summed E-state index contributed by atoms with van der Waals surface area (Å²) in [6.07, 6.45) is 2.18. The predicted molar refractivity (Wildman–Crippen MR) is 126 cm³/mol. The van der Waals surface area contributed by atoms with Gasteiger partial charge in [0.1, 0.15) is 17.8 Å². The summed E-state index contributed by atoms with van der Waals surface area (Å²) in [6.45, 7) is 9.93. The van der Waals surface area contributed by atoms with Crippen LogP contribution in [0.2, 0.25) is 0 Å². The number of aliphatic imine (C=N–C) groups is 1. The van der Waals surface area contributed by atoms with Crippen LogP contribution in [-0.4, -0.2) is 36.6 Å². The molecule has 1 fully saturated rings. The zero-order valence-electron chi connectivity index (χ0n) is 16.5. The number of morpholine rings is 1. The van der Waals surface area contributed by atoms with Gasteiger partial charge in [-0.3, -0.25) is 0 Å². The van der Waals surface area contributed by atoms with Crippen LogP contribution in [0, 0.1) is 17.4 Å². The summed E-state index contributed by atoms with van der Waals surface area (Å²) < 4.78 is 14.0. The second kappa shape index (κ2) is 9.56. The van der Waals surface area contributed by atoms with Crippen LogP contribution in [0.15, 0.2) is 39.8 Å². The number of rotatable bonds is 5. The molecule has 2 atom stereocenters. The van der Waals surface area contributed by atoms with Gasteiger partial charge in [-0.05, 0) is 91.7 Å². The van der Waals surface area contributed by atoms with Crippen molar-refractivity contribution in [1.82, 2.24) is 10.4 Å². The minimum absolute atomic E-state index is 0.214. The van der Waals surface area contributed by atoms with Gasteiger partial charge in [0.05, 0.1) is 17.9 Å². The highest BCUT2D eigenvalue weighted by Gasteiger charge is 2.21. The molecule has 1 aliphatic rings. The smallest absolute Gasteiger partial charge is 0.130 e. The van der Waals surface area contributed by atoms with Gasteiger partial charge in [0.25, 0.3) is 0 Å². The van der Waals surface area contributed by atoms with Gasteiger partial charge in [0.2, 0.25) is 0 Å². The fraction of sp³-hybridized carbons (Fsp3) is 0.381. The maximum absolute atomic E-state index is 6.11. The quantitative estimate of drug-likeness (QED) is 0.289. The first-order valence-electron chi connectivity index (χ1n) is 9.24. The standard InChI is InChI=1S/C21H25BrIN3O2/c1-13-6-21(28-19-8-17(22)7-18(23)9-19)14(2)5-20(13)24-12-25-26-10-15(3)27-16(4)11-26/h5-9,12,15-16H,10-11H2,1-4H3,(H,24,25). The summed E-state index contributed by atoms with van der Waals surface area (Å²) >= 11 is 5.80. The van der Waals surface area contributed by atoms with Crippen LogP contribution in [-0.2, 0) is 4.74 Å². The molecule has 1 saturated heterocycles. The molecule has 2 aromatic rings. The Labute approximate surface area is 188 Å². The second-order valence-corrected chi connectivity index (χ2v) is 9.32. The van der Waals surface area contributed by atoms with Crippen LogP contribution >= 0.6 is 38.5 Å². The van der Waals surface area contributed by atoms with Gasteiger partial charge in [-0.1, -0.05) is 15.9 Å². The second-order valence-electron chi connectivity index (χ2n) is 7.16. The molecule has 7 heteroatoms. The number of nitrogens with zero attached hydrogens (tertiary/aromatic N) is 2. The Balaban J connectivity index is 1.69. The number of ether oxygens (including phenoxy) is 2. The molecular weight excluding hydrogens is 533 g/mol. The molecule has 0 radical (unpaired) electrons.